The second-order valence-electron chi connectivity index (χ2n) is 4.26. The molecule has 1 heterocycles. The Kier molecular flexibility index (Phi) is 4.22. The molecule has 0 saturated heterocycles. The summed E-state index contributed by atoms with van der Waals surface area (Å²) in [5, 5.41) is 2.96. The van der Waals surface area contributed by atoms with E-state index in [2.05, 4.69) is 10.3 Å². The second-order valence-corrected chi connectivity index (χ2v) is 4.67. The third-order valence-corrected chi connectivity index (χ3v) is 3.21. The molecule has 20 heavy (non-hydrogen) atoms. The summed E-state index contributed by atoms with van der Waals surface area (Å²) in [5.74, 6) is -0.612. The topological polar surface area (TPSA) is 88.0 Å². The predicted molar refractivity (Wildman–Crippen MR) is 78.1 cm³/mol. The maximum absolute atomic E-state index is 12.6. The minimum atomic E-state index is -0.364. The number of carbonyl (C=O) groups excluding carboxylic acids is 2. The van der Waals surface area contributed by atoms with Gasteiger partial charge in [-0.25, -0.2) is 0 Å². The van der Waals surface area contributed by atoms with Crippen molar-refractivity contribution in [1.82, 2.24) is 4.98 Å². The fourth-order valence-electron chi connectivity index (χ4n) is 1.90. The molecule has 1 amide bonds. The first-order chi connectivity index (χ1) is 9.54. The zero-order chi connectivity index (χ0) is 14.7. The van der Waals surface area contributed by atoms with Gasteiger partial charge in [-0.05, 0) is 19.1 Å². The van der Waals surface area contributed by atoms with Crippen LogP contribution < -0.4 is 11.1 Å². The van der Waals surface area contributed by atoms with Gasteiger partial charge in [-0.3, -0.25) is 9.59 Å². The molecule has 6 heteroatoms. The number of aryl methyl sites for hydroxylation is 1. The molecular formula is C14H14ClN3O2. The number of carbonyl (C=O) groups is 2. The lowest BCUT2D eigenvalue weighted by molar-refractivity contribution is -0.114. The molecule has 2 rings (SSSR count). The number of nitrogens with one attached hydrogen (secondary N) is 2. The third kappa shape index (κ3) is 2.74. The highest BCUT2D eigenvalue weighted by molar-refractivity contribution is 6.35. The van der Waals surface area contributed by atoms with Crippen LogP contribution in [0.2, 0.25) is 5.02 Å². The van der Waals surface area contributed by atoms with Gasteiger partial charge in [-0.2, -0.15) is 0 Å². The average Bonchev–Trinajstić information content (AvgIpc) is 2.79. The third-order valence-electron chi connectivity index (χ3n) is 2.88. The number of aromatic amines is 1. The number of hydrogen-bond donors (Lipinski definition) is 3. The van der Waals surface area contributed by atoms with Gasteiger partial charge >= 0.3 is 0 Å². The Balaban J connectivity index is 2.42. The maximum atomic E-state index is 12.6. The number of benzene rings is 1. The number of aromatic nitrogens is 1. The lowest BCUT2D eigenvalue weighted by Gasteiger charge is -2.07. The fourth-order valence-corrected chi connectivity index (χ4v) is 2.12. The number of nitrogens with two attached hydrogens (primary N) is 1. The van der Waals surface area contributed by atoms with Gasteiger partial charge in [0, 0.05) is 17.5 Å². The monoisotopic (exact) mass is 291 g/mol. The molecule has 0 aliphatic carbocycles. The summed E-state index contributed by atoms with van der Waals surface area (Å²) in [7, 11) is 0. The summed E-state index contributed by atoms with van der Waals surface area (Å²) in [6.45, 7) is 1.60. The number of H-pyrrole nitrogens is 1. The predicted octanol–water partition coefficient (Wildman–Crippen LogP) is 2.10. The summed E-state index contributed by atoms with van der Waals surface area (Å²) in [4.78, 5) is 26.9. The van der Waals surface area contributed by atoms with Crippen LogP contribution in [0.5, 0.6) is 0 Å². The van der Waals surface area contributed by atoms with Crippen molar-refractivity contribution >= 4 is 29.0 Å². The van der Waals surface area contributed by atoms with E-state index in [0.717, 1.165) is 0 Å². The Hall–Kier alpha value is -2.11. The molecular weight excluding hydrogens is 278 g/mol. The van der Waals surface area contributed by atoms with Gasteiger partial charge in [0.15, 0.2) is 5.78 Å². The summed E-state index contributed by atoms with van der Waals surface area (Å²) in [5.41, 5.74) is 7.10. The molecule has 0 aliphatic rings. The van der Waals surface area contributed by atoms with Crippen LogP contribution in [0.4, 0.5) is 5.69 Å². The van der Waals surface area contributed by atoms with E-state index in [1.54, 1.807) is 37.4 Å². The van der Waals surface area contributed by atoms with Crippen molar-refractivity contribution in [3.05, 3.63) is 52.3 Å². The minimum absolute atomic E-state index is 0.149. The van der Waals surface area contributed by atoms with Crippen molar-refractivity contribution in [3.63, 3.8) is 0 Å². The summed E-state index contributed by atoms with van der Waals surface area (Å²) in [6.07, 6.45) is 1.56. The van der Waals surface area contributed by atoms with E-state index >= 15 is 0 Å². The largest absolute Gasteiger partial charge is 0.363 e. The first-order valence-corrected chi connectivity index (χ1v) is 6.39. The Bertz CT molecular complexity index is 664. The lowest BCUT2D eigenvalue weighted by Crippen LogP contribution is -2.22. The van der Waals surface area contributed by atoms with Crippen LogP contribution in [0.3, 0.4) is 0 Å². The van der Waals surface area contributed by atoms with Gasteiger partial charge in [0.25, 0.3) is 0 Å². The summed E-state index contributed by atoms with van der Waals surface area (Å²) in [6, 6.07) is 6.78. The van der Waals surface area contributed by atoms with Crippen molar-refractivity contribution in [2.75, 3.05) is 11.9 Å². The molecule has 4 N–H and O–H groups in total. The van der Waals surface area contributed by atoms with E-state index < -0.39 is 0 Å². The number of anilines is 1. The van der Waals surface area contributed by atoms with Crippen LogP contribution >= 0.6 is 11.6 Å². The summed E-state index contributed by atoms with van der Waals surface area (Å²) < 4.78 is 0. The van der Waals surface area contributed by atoms with Crippen molar-refractivity contribution < 1.29 is 9.59 Å². The Morgan fingerprint density at radius 2 is 2.05 bits per heavy atom. The van der Waals surface area contributed by atoms with E-state index in [0.29, 0.717) is 27.5 Å². The molecule has 5 nitrogen and oxygen atoms in total. The van der Waals surface area contributed by atoms with Crippen molar-refractivity contribution in [2.45, 2.75) is 6.92 Å². The summed E-state index contributed by atoms with van der Waals surface area (Å²) >= 11 is 6.04. The van der Waals surface area contributed by atoms with Crippen molar-refractivity contribution in [1.29, 1.82) is 0 Å². The van der Waals surface area contributed by atoms with Gasteiger partial charge < -0.3 is 16.0 Å². The Morgan fingerprint density at radius 3 is 2.70 bits per heavy atom. The molecule has 0 saturated carbocycles. The lowest BCUT2D eigenvalue weighted by atomic mass is 10.0. The van der Waals surface area contributed by atoms with Crippen LogP contribution in [0.1, 0.15) is 21.6 Å². The number of hydrogen-bond acceptors (Lipinski definition) is 3. The van der Waals surface area contributed by atoms with Crippen LogP contribution in [-0.2, 0) is 4.79 Å². The molecule has 1 aromatic heterocycles. The van der Waals surface area contributed by atoms with Crippen molar-refractivity contribution in [2.24, 2.45) is 5.73 Å². The fraction of sp³-hybridized carbons (Fsp3) is 0.143. The quantitative estimate of drug-likeness (QED) is 0.754. The van der Waals surface area contributed by atoms with Crippen LogP contribution in [0.25, 0.3) is 0 Å². The van der Waals surface area contributed by atoms with E-state index in [1.165, 1.54) is 0 Å². The molecule has 0 unspecified atom stereocenters. The van der Waals surface area contributed by atoms with Crippen molar-refractivity contribution in [3.8, 4) is 0 Å². The first kappa shape index (κ1) is 14.3. The van der Waals surface area contributed by atoms with E-state index in [4.69, 9.17) is 17.3 Å². The SMILES string of the molecule is Cc1[nH]cc(NC(=O)CN)c1C(=O)c1ccccc1Cl. The molecule has 2 aromatic rings. The molecule has 0 bridgehead atoms. The van der Waals surface area contributed by atoms with Crippen LogP contribution in [-0.4, -0.2) is 23.2 Å². The molecule has 0 radical (unpaired) electrons. The molecule has 1 aromatic carbocycles. The van der Waals surface area contributed by atoms with Crippen LogP contribution in [0, 0.1) is 6.92 Å². The van der Waals surface area contributed by atoms with Crippen LogP contribution in [0.15, 0.2) is 30.5 Å². The molecule has 104 valence electrons. The zero-order valence-electron chi connectivity index (χ0n) is 10.9. The number of amides is 1. The number of rotatable bonds is 4. The van der Waals surface area contributed by atoms with Gasteiger partial charge in [0.1, 0.15) is 0 Å². The molecule has 0 atom stereocenters. The smallest absolute Gasteiger partial charge is 0.238 e. The minimum Gasteiger partial charge on any atom is -0.363 e. The standard InChI is InChI=1S/C14H14ClN3O2/c1-8-13(11(7-17-8)18-12(19)6-16)14(20)9-4-2-3-5-10(9)15/h2-5,7,17H,6,16H2,1H3,(H,18,19). The molecule has 0 fully saturated rings. The van der Waals surface area contributed by atoms with Gasteiger partial charge in [0.2, 0.25) is 5.91 Å². The number of ketones is 1. The maximum Gasteiger partial charge on any atom is 0.238 e. The normalized spacial score (nSPS) is 10.3. The number of halogens is 1. The van der Waals surface area contributed by atoms with Gasteiger partial charge in [-0.15, -0.1) is 0 Å². The van der Waals surface area contributed by atoms with E-state index in [9.17, 15) is 9.59 Å². The van der Waals surface area contributed by atoms with E-state index in [-0.39, 0.29) is 18.2 Å². The molecule has 0 spiro atoms. The second kappa shape index (κ2) is 5.90. The highest BCUT2D eigenvalue weighted by atomic mass is 35.5. The highest BCUT2D eigenvalue weighted by Gasteiger charge is 2.20. The zero-order valence-corrected chi connectivity index (χ0v) is 11.6. The Morgan fingerprint density at radius 1 is 1.35 bits per heavy atom. The molecule has 0 aliphatic heterocycles. The highest BCUT2D eigenvalue weighted by Crippen LogP contribution is 2.26. The average molecular weight is 292 g/mol. The van der Waals surface area contributed by atoms with Gasteiger partial charge in [0.05, 0.1) is 22.8 Å². The first-order valence-electron chi connectivity index (χ1n) is 6.01. The Labute approximate surface area is 121 Å². The van der Waals surface area contributed by atoms with E-state index in [1.807, 2.05) is 0 Å². The van der Waals surface area contributed by atoms with Gasteiger partial charge in [-0.1, -0.05) is 23.7 Å².